The molecule has 1 aromatic rings. The molecule has 1 aliphatic heterocycles. The standard InChI is InChI=1S/C18H28N2S/c1-14(2)17-13-20(18(12-19-17)15-8-9-15)10-11-21-16-6-4-3-5-7-16/h3-7,14-15,17-19H,8-13H2,1-2H3. The maximum atomic E-state index is 3.78. The zero-order chi connectivity index (χ0) is 14.7. The summed E-state index contributed by atoms with van der Waals surface area (Å²) in [6, 6.07) is 12.3. The minimum absolute atomic E-state index is 0.668. The Kier molecular flexibility index (Phi) is 5.25. The number of hydrogen-bond acceptors (Lipinski definition) is 3. The van der Waals surface area contributed by atoms with Gasteiger partial charge < -0.3 is 5.32 Å². The molecule has 0 amide bonds. The Hall–Kier alpha value is -0.510. The van der Waals surface area contributed by atoms with Gasteiger partial charge in [-0.15, -0.1) is 11.8 Å². The summed E-state index contributed by atoms with van der Waals surface area (Å²) in [5.41, 5.74) is 0. The molecule has 0 spiro atoms. The van der Waals surface area contributed by atoms with Crippen LogP contribution >= 0.6 is 11.8 Å². The number of nitrogens with one attached hydrogen (secondary N) is 1. The lowest BCUT2D eigenvalue weighted by Gasteiger charge is -2.42. The fraction of sp³-hybridized carbons (Fsp3) is 0.667. The minimum atomic E-state index is 0.668. The second-order valence-electron chi connectivity index (χ2n) is 6.82. The van der Waals surface area contributed by atoms with Gasteiger partial charge in [0.1, 0.15) is 0 Å². The Balaban J connectivity index is 1.52. The first-order chi connectivity index (χ1) is 10.2. The van der Waals surface area contributed by atoms with Gasteiger partial charge in [-0.2, -0.15) is 0 Å². The van der Waals surface area contributed by atoms with Crippen molar-refractivity contribution in [2.24, 2.45) is 11.8 Å². The lowest BCUT2D eigenvalue weighted by molar-refractivity contribution is 0.107. The van der Waals surface area contributed by atoms with E-state index < -0.39 is 0 Å². The zero-order valence-electron chi connectivity index (χ0n) is 13.3. The molecule has 1 saturated heterocycles. The van der Waals surface area contributed by atoms with E-state index in [4.69, 9.17) is 0 Å². The van der Waals surface area contributed by atoms with E-state index in [1.807, 2.05) is 11.8 Å². The van der Waals surface area contributed by atoms with Gasteiger partial charge in [0.05, 0.1) is 0 Å². The largest absolute Gasteiger partial charge is 0.311 e. The zero-order valence-corrected chi connectivity index (χ0v) is 14.1. The van der Waals surface area contributed by atoms with Crippen LogP contribution in [0.2, 0.25) is 0 Å². The molecule has 0 bridgehead atoms. The molecule has 1 N–H and O–H groups in total. The maximum absolute atomic E-state index is 3.78. The third-order valence-corrected chi connectivity index (χ3v) is 5.84. The minimum Gasteiger partial charge on any atom is -0.311 e. The molecule has 1 saturated carbocycles. The predicted molar refractivity (Wildman–Crippen MR) is 91.9 cm³/mol. The summed E-state index contributed by atoms with van der Waals surface area (Å²) in [5, 5.41) is 3.78. The van der Waals surface area contributed by atoms with Gasteiger partial charge in [-0.1, -0.05) is 32.0 Å². The van der Waals surface area contributed by atoms with Crippen LogP contribution in [0.1, 0.15) is 26.7 Å². The molecular formula is C18H28N2S. The van der Waals surface area contributed by atoms with E-state index in [1.165, 1.54) is 43.1 Å². The van der Waals surface area contributed by atoms with Crippen LogP contribution in [0.25, 0.3) is 0 Å². The molecule has 2 aliphatic rings. The Morgan fingerprint density at radius 1 is 1.24 bits per heavy atom. The Morgan fingerprint density at radius 3 is 2.67 bits per heavy atom. The second-order valence-corrected chi connectivity index (χ2v) is 7.99. The highest BCUT2D eigenvalue weighted by Gasteiger charge is 2.38. The summed E-state index contributed by atoms with van der Waals surface area (Å²) in [5.74, 6) is 2.90. The Labute approximate surface area is 133 Å². The normalized spacial score (nSPS) is 27.2. The third kappa shape index (κ3) is 4.24. The summed E-state index contributed by atoms with van der Waals surface area (Å²) in [7, 11) is 0. The highest BCUT2D eigenvalue weighted by Crippen LogP contribution is 2.36. The maximum Gasteiger partial charge on any atom is 0.0249 e. The van der Waals surface area contributed by atoms with Crippen molar-refractivity contribution in [3.8, 4) is 0 Å². The van der Waals surface area contributed by atoms with E-state index in [0.717, 1.165) is 17.9 Å². The topological polar surface area (TPSA) is 15.3 Å². The lowest BCUT2D eigenvalue weighted by Crippen LogP contribution is -2.59. The Bertz CT molecular complexity index is 430. The van der Waals surface area contributed by atoms with Crippen LogP contribution in [0, 0.1) is 11.8 Å². The van der Waals surface area contributed by atoms with Crippen LogP contribution in [0.3, 0.4) is 0 Å². The van der Waals surface area contributed by atoms with Gasteiger partial charge in [-0.25, -0.2) is 0 Å². The van der Waals surface area contributed by atoms with Crippen molar-refractivity contribution in [2.45, 2.75) is 43.7 Å². The van der Waals surface area contributed by atoms with Crippen molar-refractivity contribution in [3.05, 3.63) is 30.3 Å². The fourth-order valence-electron chi connectivity index (χ4n) is 3.30. The van der Waals surface area contributed by atoms with Gasteiger partial charge >= 0.3 is 0 Å². The molecule has 0 aromatic heterocycles. The van der Waals surface area contributed by atoms with Crippen molar-refractivity contribution >= 4 is 11.8 Å². The smallest absolute Gasteiger partial charge is 0.0249 e. The summed E-state index contributed by atoms with van der Waals surface area (Å²) in [6.07, 6.45) is 2.89. The van der Waals surface area contributed by atoms with E-state index in [0.29, 0.717) is 6.04 Å². The summed E-state index contributed by atoms with van der Waals surface area (Å²) in [6.45, 7) is 8.33. The Morgan fingerprint density at radius 2 is 2.00 bits per heavy atom. The van der Waals surface area contributed by atoms with Gasteiger partial charge in [-0.3, -0.25) is 4.90 Å². The molecule has 2 unspecified atom stereocenters. The van der Waals surface area contributed by atoms with Gasteiger partial charge in [0.2, 0.25) is 0 Å². The molecule has 21 heavy (non-hydrogen) atoms. The van der Waals surface area contributed by atoms with Gasteiger partial charge in [0, 0.05) is 42.4 Å². The molecule has 2 nitrogen and oxygen atoms in total. The highest BCUT2D eigenvalue weighted by atomic mass is 32.2. The monoisotopic (exact) mass is 304 g/mol. The molecule has 0 radical (unpaired) electrons. The average molecular weight is 305 g/mol. The van der Waals surface area contributed by atoms with Gasteiger partial charge in [-0.05, 0) is 36.8 Å². The van der Waals surface area contributed by atoms with E-state index in [-0.39, 0.29) is 0 Å². The molecule has 116 valence electrons. The first-order valence-corrected chi connectivity index (χ1v) is 9.38. The molecule has 1 aromatic carbocycles. The van der Waals surface area contributed by atoms with Crippen LogP contribution in [0.15, 0.2) is 35.2 Å². The van der Waals surface area contributed by atoms with Crippen LogP contribution in [0.5, 0.6) is 0 Å². The average Bonchev–Trinajstić information content (AvgIpc) is 3.33. The first-order valence-electron chi connectivity index (χ1n) is 8.39. The number of rotatable bonds is 6. The van der Waals surface area contributed by atoms with Crippen molar-refractivity contribution < 1.29 is 0 Å². The molecule has 1 aliphatic carbocycles. The fourth-order valence-corrected chi connectivity index (χ4v) is 4.21. The number of hydrogen-bond donors (Lipinski definition) is 1. The van der Waals surface area contributed by atoms with E-state index in [2.05, 4.69) is 54.4 Å². The van der Waals surface area contributed by atoms with Gasteiger partial charge in [0.15, 0.2) is 0 Å². The SMILES string of the molecule is CC(C)C1CN(CCSc2ccccc2)C(C2CC2)CN1. The van der Waals surface area contributed by atoms with Crippen LogP contribution in [-0.4, -0.2) is 42.4 Å². The predicted octanol–water partition coefficient (Wildman–Crippen LogP) is 3.49. The first kappa shape index (κ1) is 15.4. The molecule has 3 heteroatoms. The second kappa shape index (κ2) is 7.17. The van der Waals surface area contributed by atoms with Crippen LogP contribution in [0.4, 0.5) is 0 Å². The highest BCUT2D eigenvalue weighted by molar-refractivity contribution is 7.99. The molecule has 2 fully saturated rings. The number of benzene rings is 1. The quantitative estimate of drug-likeness (QED) is 0.810. The summed E-state index contributed by atoms with van der Waals surface area (Å²) in [4.78, 5) is 4.17. The number of piperazine rings is 1. The third-order valence-electron chi connectivity index (χ3n) is 4.85. The van der Waals surface area contributed by atoms with E-state index in [9.17, 15) is 0 Å². The van der Waals surface area contributed by atoms with Crippen molar-refractivity contribution in [1.82, 2.24) is 10.2 Å². The number of thioether (sulfide) groups is 1. The molecule has 2 atom stereocenters. The summed E-state index contributed by atoms with van der Waals surface area (Å²) >= 11 is 2.00. The van der Waals surface area contributed by atoms with Crippen molar-refractivity contribution in [1.29, 1.82) is 0 Å². The summed E-state index contributed by atoms with van der Waals surface area (Å²) < 4.78 is 0. The van der Waals surface area contributed by atoms with Crippen LogP contribution < -0.4 is 5.32 Å². The van der Waals surface area contributed by atoms with Crippen LogP contribution in [-0.2, 0) is 0 Å². The number of nitrogens with zero attached hydrogens (tertiary/aromatic N) is 1. The molecular weight excluding hydrogens is 276 g/mol. The van der Waals surface area contributed by atoms with Crippen molar-refractivity contribution in [3.63, 3.8) is 0 Å². The van der Waals surface area contributed by atoms with E-state index >= 15 is 0 Å². The van der Waals surface area contributed by atoms with Gasteiger partial charge in [0.25, 0.3) is 0 Å². The van der Waals surface area contributed by atoms with E-state index in [1.54, 1.807) is 0 Å². The molecule has 1 heterocycles. The lowest BCUT2D eigenvalue weighted by atomic mass is 9.97. The molecule has 3 rings (SSSR count). The van der Waals surface area contributed by atoms with Crippen molar-refractivity contribution in [2.75, 3.05) is 25.4 Å².